The van der Waals surface area contributed by atoms with Crippen LogP contribution in [-0.4, -0.2) is 74.2 Å². The van der Waals surface area contributed by atoms with Crippen molar-refractivity contribution in [1.82, 2.24) is 10.3 Å². The minimum absolute atomic E-state index is 0.0108. The maximum atomic E-state index is 13.4. The molecule has 0 radical (unpaired) electrons. The molecule has 1 fully saturated rings. The molecule has 4 atom stereocenters. The first-order valence-electron chi connectivity index (χ1n) is 14.2. The topological polar surface area (TPSA) is 149 Å². The second kappa shape index (κ2) is 15.9. The zero-order valence-corrected chi connectivity index (χ0v) is 25.4. The first kappa shape index (κ1) is 33.3. The van der Waals surface area contributed by atoms with Gasteiger partial charge < -0.3 is 33.7 Å². The maximum absolute atomic E-state index is 13.4. The molecule has 4 unspecified atom stereocenters. The van der Waals surface area contributed by atoms with Crippen LogP contribution in [0.25, 0.3) is 0 Å². The van der Waals surface area contributed by atoms with Crippen molar-refractivity contribution in [3.8, 4) is 11.5 Å². The van der Waals surface area contributed by atoms with E-state index in [2.05, 4.69) is 10.3 Å². The van der Waals surface area contributed by atoms with Gasteiger partial charge in [0.2, 0.25) is 0 Å². The van der Waals surface area contributed by atoms with Crippen molar-refractivity contribution < 1.29 is 47.6 Å². The van der Waals surface area contributed by atoms with E-state index in [0.717, 1.165) is 5.56 Å². The van der Waals surface area contributed by atoms with Crippen LogP contribution in [0, 0.1) is 17.8 Å². The molecule has 0 aliphatic carbocycles. The third kappa shape index (κ3) is 9.40. The smallest absolute Gasteiger partial charge is 0.332 e. The summed E-state index contributed by atoms with van der Waals surface area (Å²) in [6.45, 7) is 8.54. The number of hydrogen-bond acceptors (Lipinski definition) is 11. The Labute approximate surface area is 251 Å². The standard InChI is InChI=1S/C31H40N2O10/c1-18(2)15-39-17-41-27-24(38-6)12-13-32-25(27)28(34)33-23-16-40-30(36)22(14-21-10-8-7-9-11-21)26(20(5)42-31(23)37)43-29(35)19(3)4/h7-13,18-20,22-23,26H,14-17H2,1-6H3,(H,33,34). The van der Waals surface area contributed by atoms with Gasteiger partial charge in [-0.05, 0) is 24.8 Å². The van der Waals surface area contributed by atoms with Crippen molar-refractivity contribution >= 4 is 23.8 Å². The number of methoxy groups -OCH3 is 1. The number of ether oxygens (including phenoxy) is 6. The quantitative estimate of drug-likeness (QED) is 0.166. The van der Waals surface area contributed by atoms with Crippen LogP contribution in [0.5, 0.6) is 11.5 Å². The average Bonchev–Trinajstić information content (AvgIpc) is 3.01. The highest BCUT2D eigenvalue weighted by Crippen LogP contribution is 2.30. The molecule has 234 valence electrons. The van der Waals surface area contributed by atoms with Crippen LogP contribution >= 0.6 is 0 Å². The Hall–Kier alpha value is -4.19. The molecule has 2 heterocycles. The molecule has 1 amide bonds. The summed E-state index contributed by atoms with van der Waals surface area (Å²) in [6, 6.07) is 9.25. The maximum Gasteiger partial charge on any atom is 0.332 e. The third-order valence-corrected chi connectivity index (χ3v) is 6.51. The van der Waals surface area contributed by atoms with Gasteiger partial charge in [-0.3, -0.25) is 14.4 Å². The van der Waals surface area contributed by atoms with Gasteiger partial charge in [0.05, 0.1) is 19.6 Å². The summed E-state index contributed by atoms with van der Waals surface area (Å²) >= 11 is 0. The lowest BCUT2D eigenvalue weighted by atomic mass is 9.91. The lowest BCUT2D eigenvalue weighted by Gasteiger charge is -2.29. The lowest BCUT2D eigenvalue weighted by molar-refractivity contribution is -0.176. The number of rotatable bonds is 12. The van der Waals surface area contributed by atoms with Crippen LogP contribution in [0.15, 0.2) is 42.6 Å². The van der Waals surface area contributed by atoms with Gasteiger partial charge in [0.1, 0.15) is 18.6 Å². The predicted molar refractivity (Wildman–Crippen MR) is 153 cm³/mol. The lowest BCUT2D eigenvalue weighted by Crippen LogP contribution is -2.47. The number of carbonyl (C=O) groups excluding carboxylic acids is 4. The van der Waals surface area contributed by atoms with Crippen molar-refractivity contribution in [2.75, 3.05) is 27.1 Å². The molecular weight excluding hydrogens is 560 g/mol. The zero-order chi connectivity index (χ0) is 31.5. The SMILES string of the molecule is COc1ccnc(C(=O)NC2COC(=O)C(Cc3ccccc3)C(OC(=O)C(C)C)C(C)OC2=O)c1OCOCC(C)C. The van der Waals surface area contributed by atoms with E-state index in [9.17, 15) is 19.2 Å². The molecule has 1 aliphatic heterocycles. The number of esters is 3. The molecule has 1 aliphatic rings. The molecule has 43 heavy (non-hydrogen) atoms. The molecule has 12 heteroatoms. The van der Waals surface area contributed by atoms with Gasteiger partial charge in [-0.2, -0.15) is 0 Å². The van der Waals surface area contributed by atoms with Gasteiger partial charge in [-0.15, -0.1) is 0 Å². The van der Waals surface area contributed by atoms with Gasteiger partial charge in [0.25, 0.3) is 5.91 Å². The number of hydrogen-bond donors (Lipinski definition) is 1. The fourth-order valence-corrected chi connectivity index (χ4v) is 4.25. The fraction of sp³-hybridized carbons (Fsp3) is 0.516. The molecule has 1 aromatic carbocycles. The van der Waals surface area contributed by atoms with Crippen molar-refractivity contribution in [2.24, 2.45) is 17.8 Å². The highest BCUT2D eigenvalue weighted by atomic mass is 16.7. The van der Waals surface area contributed by atoms with E-state index in [1.54, 1.807) is 13.8 Å². The summed E-state index contributed by atoms with van der Waals surface area (Å²) in [5.41, 5.74) is 0.622. The van der Waals surface area contributed by atoms with Gasteiger partial charge in [-0.25, -0.2) is 9.78 Å². The number of carbonyl (C=O) groups is 4. The van der Waals surface area contributed by atoms with E-state index in [0.29, 0.717) is 6.61 Å². The first-order valence-corrected chi connectivity index (χ1v) is 14.2. The summed E-state index contributed by atoms with van der Waals surface area (Å²) in [4.78, 5) is 56.7. The normalized spacial score (nSPS) is 20.7. The average molecular weight is 601 g/mol. The van der Waals surface area contributed by atoms with Crippen LogP contribution in [0.1, 0.15) is 50.7 Å². The molecule has 0 spiro atoms. The van der Waals surface area contributed by atoms with Crippen molar-refractivity contribution in [2.45, 2.75) is 59.3 Å². The minimum Gasteiger partial charge on any atom is -0.493 e. The van der Waals surface area contributed by atoms with Crippen molar-refractivity contribution in [1.29, 1.82) is 0 Å². The fourth-order valence-electron chi connectivity index (χ4n) is 4.25. The molecule has 1 saturated heterocycles. The van der Waals surface area contributed by atoms with Crippen molar-refractivity contribution in [3.05, 3.63) is 53.9 Å². The molecular formula is C31H40N2O10. The third-order valence-electron chi connectivity index (χ3n) is 6.51. The van der Waals surface area contributed by atoms with Gasteiger partial charge in [-0.1, -0.05) is 58.0 Å². The summed E-state index contributed by atoms with van der Waals surface area (Å²) in [7, 11) is 1.41. The van der Waals surface area contributed by atoms with Crippen LogP contribution in [-0.2, 0) is 39.8 Å². The Kier molecular flexibility index (Phi) is 12.3. The van der Waals surface area contributed by atoms with Crippen LogP contribution in [0.4, 0.5) is 0 Å². The second-order valence-electron chi connectivity index (χ2n) is 10.9. The van der Waals surface area contributed by atoms with Gasteiger partial charge in [0, 0.05) is 12.3 Å². The number of cyclic esters (lactones) is 2. The molecule has 2 aromatic rings. The Bertz CT molecular complexity index is 1250. The largest absolute Gasteiger partial charge is 0.493 e. The zero-order valence-electron chi connectivity index (χ0n) is 25.4. The molecule has 12 nitrogen and oxygen atoms in total. The molecule has 1 N–H and O–H groups in total. The first-order chi connectivity index (χ1) is 20.5. The van der Waals surface area contributed by atoms with E-state index in [-0.39, 0.29) is 36.3 Å². The van der Waals surface area contributed by atoms with Crippen molar-refractivity contribution in [3.63, 3.8) is 0 Å². The monoisotopic (exact) mass is 600 g/mol. The Morgan fingerprint density at radius 3 is 2.44 bits per heavy atom. The highest BCUT2D eigenvalue weighted by Gasteiger charge is 2.42. The van der Waals surface area contributed by atoms with Crippen LogP contribution in [0.3, 0.4) is 0 Å². The number of amides is 1. The van der Waals surface area contributed by atoms with E-state index >= 15 is 0 Å². The molecule has 0 bridgehead atoms. The summed E-state index contributed by atoms with van der Waals surface area (Å²) in [5.74, 6) is -3.91. The predicted octanol–water partition coefficient (Wildman–Crippen LogP) is 3.11. The number of pyridine rings is 1. The van der Waals surface area contributed by atoms with Gasteiger partial charge >= 0.3 is 17.9 Å². The van der Waals surface area contributed by atoms with Crippen LogP contribution < -0.4 is 14.8 Å². The number of nitrogens with zero attached hydrogens (tertiary/aromatic N) is 1. The van der Waals surface area contributed by atoms with E-state index in [4.69, 9.17) is 28.4 Å². The summed E-state index contributed by atoms with van der Waals surface area (Å²) in [6.07, 6.45) is -0.656. The van der Waals surface area contributed by atoms with E-state index in [1.807, 2.05) is 44.2 Å². The molecule has 1 aromatic heterocycles. The summed E-state index contributed by atoms with van der Waals surface area (Å²) < 4.78 is 33.3. The van der Waals surface area contributed by atoms with E-state index in [1.165, 1.54) is 26.3 Å². The number of benzene rings is 1. The Morgan fingerprint density at radius 2 is 1.79 bits per heavy atom. The highest BCUT2D eigenvalue weighted by molar-refractivity contribution is 5.98. The molecule has 3 rings (SSSR count). The summed E-state index contributed by atoms with van der Waals surface area (Å²) in [5, 5.41) is 2.52. The van der Waals surface area contributed by atoms with Gasteiger partial charge in [0.15, 0.2) is 36.1 Å². The number of nitrogens with one attached hydrogen (secondary N) is 1. The van der Waals surface area contributed by atoms with Crippen LogP contribution in [0.2, 0.25) is 0 Å². The second-order valence-corrected chi connectivity index (χ2v) is 10.9. The Balaban J connectivity index is 1.84. The minimum atomic E-state index is -1.39. The van der Waals surface area contributed by atoms with E-state index < -0.39 is 60.5 Å². The molecule has 0 saturated carbocycles. The number of aromatic nitrogens is 1. The Morgan fingerprint density at radius 1 is 1.07 bits per heavy atom.